The van der Waals surface area contributed by atoms with Crippen molar-refractivity contribution in [2.24, 2.45) is 0 Å². The summed E-state index contributed by atoms with van der Waals surface area (Å²) in [5.74, 6) is -1.35. The lowest BCUT2D eigenvalue weighted by atomic mass is 10.2. The number of carboxylic acid groups (broad SMARTS) is 1. The quantitative estimate of drug-likeness (QED) is 0.828. The highest BCUT2D eigenvalue weighted by Gasteiger charge is 2.36. The number of benzene rings is 1. The van der Waals surface area contributed by atoms with E-state index in [0.29, 0.717) is 22.6 Å². The number of aryl methyl sites for hydroxylation is 2. The molecule has 0 amide bonds. The highest BCUT2D eigenvalue weighted by Crippen LogP contribution is 2.30. The largest absolute Gasteiger partial charge is 0.548 e. The van der Waals surface area contributed by atoms with Gasteiger partial charge in [0, 0.05) is 11.6 Å². The van der Waals surface area contributed by atoms with Crippen molar-refractivity contribution in [3.63, 3.8) is 0 Å². The van der Waals surface area contributed by atoms with Crippen LogP contribution in [0.25, 0.3) is 0 Å². The normalized spacial score (nSPS) is 20.2. The smallest absolute Gasteiger partial charge is 0.243 e. The first kappa shape index (κ1) is 15.3. The number of hydrogen-bond acceptors (Lipinski definition) is 4. The van der Waals surface area contributed by atoms with Gasteiger partial charge in [-0.05, 0) is 49.9 Å². The number of rotatable bonds is 3. The molecule has 0 bridgehead atoms. The summed E-state index contributed by atoms with van der Waals surface area (Å²) in [5, 5.41) is 11.5. The lowest BCUT2D eigenvalue weighted by Gasteiger charge is -2.25. The molecule has 110 valence electrons. The molecule has 1 fully saturated rings. The van der Waals surface area contributed by atoms with Gasteiger partial charge in [-0.25, -0.2) is 8.42 Å². The molecular weight excluding hydrogens is 302 g/mol. The van der Waals surface area contributed by atoms with E-state index < -0.39 is 22.0 Å². The van der Waals surface area contributed by atoms with Gasteiger partial charge in [-0.15, -0.1) is 0 Å². The highest BCUT2D eigenvalue weighted by atomic mass is 35.5. The summed E-state index contributed by atoms with van der Waals surface area (Å²) in [5.41, 5.74) is 1.14. The zero-order valence-corrected chi connectivity index (χ0v) is 12.8. The summed E-state index contributed by atoms with van der Waals surface area (Å²) in [6, 6.07) is 1.97. The maximum Gasteiger partial charge on any atom is 0.243 e. The standard InChI is InChI=1S/C13H16ClNO4S/c1-8-7-12(9(2)6-10(8)14)20(18,19)15-5-3-4-11(15)13(16)17/h6-7,11H,3-5H2,1-2H3,(H,16,17)/p-1/t11-/m1/s1. The van der Waals surface area contributed by atoms with Crippen LogP contribution in [0, 0.1) is 13.8 Å². The summed E-state index contributed by atoms with van der Waals surface area (Å²) in [6.45, 7) is 3.55. The predicted octanol–water partition coefficient (Wildman–Crippen LogP) is 0.860. The van der Waals surface area contributed by atoms with Crippen molar-refractivity contribution in [1.29, 1.82) is 0 Å². The first-order valence-electron chi connectivity index (χ1n) is 6.24. The Kier molecular flexibility index (Phi) is 4.09. The highest BCUT2D eigenvalue weighted by molar-refractivity contribution is 7.89. The fourth-order valence-electron chi connectivity index (χ4n) is 2.42. The van der Waals surface area contributed by atoms with Crippen LogP contribution in [0.3, 0.4) is 0 Å². The molecule has 1 aromatic rings. The minimum Gasteiger partial charge on any atom is -0.548 e. The second-order valence-electron chi connectivity index (χ2n) is 4.96. The van der Waals surface area contributed by atoms with Gasteiger partial charge >= 0.3 is 0 Å². The molecule has 0 aromatic heterocycles. The molecule has 5 nitrogen and oxygen atoms in total. The number of aliphatic carboxylic acids is 1. The van der Waals surface area contributed by atoms with Gasteiger partial charge in [0.2, 0.25) is 10.0 Å². The van der Waals surface area contributed by atoms with Crippen LogP contribution >= 0.6 is 11.6 Å². The Morgan fingerprint density at radius 3 is 2.60 bits per heavy atom. The third kappa shape index (κ3) is 2.55. The minimum atomic E-state index is -3.85. The molecule has 1 saturated heterocycles. The Hall–Kier alpha value is -1.11. The predicted molar refractivity (Wildman–Crippen MR) is 72.8 cm³/mol. The van der Waals surface area contributed by atoms with Gasteiger partial charge in [0.25, 0.3) is 0 Å². The Bertz CT molecular complexity index is 657. The number of hydrogen-bond donors (Lipinski definition) is 0. The second-order valence-corrected chi connectivity index (χ2v) is 7.23. The average Bonchev–Trinajstić information content (AvgIpc) is 2.83. The topological polar surface area (TPSA) is 77.5 Å². The fourth-order valence-corrected chi connectivity index (χ4v) is 4.58. The molecule has 1 aliphatic rings. The Morgan fingerprint density at radius 1 is 1.35 bits per heavy atom. The van der Waals surface area contributed by atoms with Crippen LogP contribution in [0.1, 0.15) is 24.0 Å². The molecule has 20 heavy (non-hydrogen) atoms. The van der Waals surface area contributed by atoms with Crippen molar-refractivity contribution in [2.75, 3.05) is 6.54 Å². The van der Waals surface area contributed by atoms with E-state index in [4.69, 9.17) is 11.6 Å². The summed E-state index contributed by atoms with van der Waals surface area (Å²) in [6.07, 6.45) is 0.802. The summed E-state index contributed by atoms with van der Waals surface area (Å²) in [7, 11) is -3.85. The van der Waals surface area contributed by atoms with E-state index in [9.17, 15) is 18.3 Å². The van der Waals surface area contributed by atoms with Gasteiger partial charge < -0.3 is 9.90 Å². The zero-order chi connectivity index (χ0) is 15.1. The lowest BCUT2D eigenvalue weighted by Crippen LogP contribution is -2.47. The van der Waals surface area contributed by atoms with E-state index in [1.54, 1.807) is 19.9 Å². The molecule has 7 heteroatoms. The number of carbonyl (C=O) groups excluding carboxylic acids is 1. The molecule has 0 N–H and O–H groups in total. The molecule has 2 rings (SSSR count). The van der Waals surface area contributed by atoms with Gasteiger partial charge in [-0.3, -0.25) is 0 Å². The molecule has 1 heterocycles. The van der Waals surface area contributed by atoms with E-state index in [1.807, 2.05) is 0 Å². The number of halogens is 1. The van der Waals surface area contributed by atoms with Gasteiger partial charge in [0.05, 0.1) is 16.9 Å². The van der Waals surface area contributed by atoms with Gasteiger partial charge in [-0.2, -0.15) is 4.31 Å². The second kappa shape index (κ2) is 5.35. The van der Waals surface area contributed by atoms with Crippen molar-refractivity contribution in [3.8, 4) is 0 Å². The van der Waals surface area contributed by atoms with E-state index in [2.05, 4.69) is 0 Å². The fraction of sp³-hybridized carbons (Fsp3) is 0.462. The summed E-state index contributed by atoms with van der Waals surface area (Å²) < 4.78 is 26.3. The lowest BCUT2D eigenvalue weighted by molar-refractivity contribution is -0.309. The van der Waals surface area contributed by atoms with Crippen LogP contribution in [-0.2, 0) is 14.8 Å². The maximum absolute atomic E-state index is 12.6. The SMILES string of the molecule is Cc1cc(S(=O)(=O)N2CCC[C@@H]2C(=O)[O-])c(C)cc1Cl. The third-order valence-electron chi connectivity index (χ3n) is 3.52. The van der Waals surface area contributed by atoms with Crippen molar-refractivity contribution < 1.29 is 18.3 Å². The Morgan fingerprint density at radius 2 is 2.00 bits per heavy atom. The summed E-state index contributed by atoms with van der Waals surface area (Å²) in [4.78, 5) is 11.2. The maximum atomic E-state index is 12.6. The Balaban J connectivity index is 2.50. The van der Waals surface area contributed by atoms with Crippen molar-refractivity contribution in [3.05, 3.63) is 28.3 Å². The number of carbonyl (C=O) groups is 1. The molecule has 1 aliphatic heterocycles. The Labute approximate surface area is 123 Å². The minimum absolute atomic E-state index is 0.104. The van der Waals surface area contributed by atoms with E-state index >= 15 is 0 Å². The zero-order valence-electron chi connectivity index (χ0n) is 11.2. The molecule has 0 unspecified atom stereocenters. The van der Waals surface area contributed by atoms with Crippen molar-refractivity contribution in [2.45, 2.75) is 37.6 Å². The molecule has 0 aliphatic carbocycles. The monoisotopic (exact) mass is 316 g/mol. The molecular formula is C13H15ClNO4S-. The molecule has 1 aromatic carbocycles. The average molecular weight is 317 g/mol. The van der Waals surface area contributed by atoms with Gasteiger partial charge in [0.1, 0.15) is 0 Å². The van der Waals surface area contributed by atoms with Crippen LogP contribution in [0.4, 0.5) is 0 Å². The summed E-state index contributed by atoms with van der Waals surface area (Å²) >= 11 is 5.96. The van der Waals surface area contributed by atoms with E-state index in [0.717, 1.165) is 4.31 Å². The van der Waals surface area contributed by atoms with Crippen molar-refractivity contribution >= 4 is 27.6 Å². The number of sulfonamides is 1. The van der Waals surface area contributed by atoms with E-state index in [-0.39, 0.29) is 17.9 Å². The van der Waals surface area contributed by atoms with E-state index in [1.165, 1.54) is 6.07 Å². The van der Waals surface area contributed by atoms with Gasteiger partial charge in [0.15, 0.2) is 0 Å². The number of nitrogens with zero attached hydrogens (tertiary/aromatic N) is 1. The van der Waals surface area contributed by atoms with Crippen LogP contribution in [0.15, 0.2) is 17.0 Å². The van der Waals surface area contributed by atoms with Crippen LogP contribution in [-0.4, -0.2) is 31.3 Å². The third-order valence-corrected chi connectivity index (χ3v) is 5.98. The first-order chi connectivity index (χ1) is 9.25. The van der Waals surface area contributed by atoms with Crippen LogP contribution < -0.4 is 5.11 Å². The number of carboxylic acids is 1. The van der Waals surface area contributed by atoms with Crippen LogP contribution in [0.5, 0.6) is 0 Å². The van der Waals surface area contributed by atoms with Crippen LogP contribution in [0.2, 0.25) is 5.02 Å². The molecule has 1 atom stereocenters. The van der Waals surface area contributed by atoms with Crippen molar-refractivity contribution in [1.82, 2.24) is 4.31 Å². The molecule has 0 saturated carbocycles. The molecule has 0 radical (unpaired) electrons. The molecule has 0 spiro atoms. The first-order valence-corrected chi connectivity index (χ1v) is 8.06. The van der Waals surface area contributed by atoms with Gasteiger partial charge in [-0.1, -0.05) is 11.6 Å².